The molecule has 0 N–H and O–H groups in total. The molecule has 2 aliphatic carbocycles. The van der Waals surface area contributed by atoms with Crippen LogP contribution in [-0.2, 0) is 0 Å². The van der Waals surface area contributed by atoms with E-state index in [0.717, 1.165) is 30.6 Å². The summed E-state index contributed by atoms with van der Waals surface area (Å²) >= 11 is 0. The van der Waals surface area contributed by atoms with Gasteiger partial charge in [-0.25, -0.2) is 4.98 Å². The van der Waals surface area contributed by atoms with Crippen LogP contribution in [0.5, 0.6) is 0 Å². The minimum atomic E-state index is 0.160. The van der Waals surface area contributed by atoms with Gasteiger partial charge in [-0.2, -0.15) is 0 Å². The van der Waals surface area contributed by atoms with E-state index in [1.807, 2.05) is 0 Å². The van der Waals surface area contributed by atoms with Gasteiger partial charge in [-0.3, -0.25) is 0 Å². The molecule has 3 atom stereocenters. The first-order valence-corrected chi connectivity index (χ1v) is 11.9. The lowest BCUT2D eigenvalue weighted by atomic mass is 9.80. The van der Waals surface area contributed by atoms with Gasteiger partial charge in [-0.15, -0.1) is 6.58 Å². The molecule has 2 nitrogen and oxygen atoms in total. The smallest absolute Gasteiger partial charge is 0.137 e. The van der Waals surface area contributed by atoms with Gasteiger partial charge in [0.05, 0.1) is 17.1 Å². The molecule has 0 bridgehead atoms. The van der Waals surface area contributed by atoms with Crippen molar-refractivity contribution in [1.82, 2.24) is 9.55 Å². The molecule has 0 saturated heterocycles. The van der Waals surface area contributed by atoms with Gasteiger partial charge in [0.25, 0.3) is 0 Å². The number of imidazole rings is 1. The Labute approximate surface area is 195 Å². The van der Waals surface area contributed by atoms with Crippen molar-refractivity contribution in [1.29, 1.82) is 0 Å². The number of benzene rings is 2. The van der Waals surface area contributed by atoms with Crippen molar-refractivity contribution >= 4 is 16.6 Å². The second kappa shape index (κ2) is 8.37. The zero-order chi connectivity index (χ0) is 22.2. The summed E-state index contributed by atoms with van der Waals surface area (Å²) in [6.45, 7) is 4.24. The van der Waals surface area contributed by atoms with Crippen molar-refractivity contribution in [2.45, 2.75) is 31.2 Å². The molecule has 0 amide bonds. The monoisotopic (exact) mass is 428 g/mol. The van der Waals surface area contributed by atoms with E-state index in [1.165, 1.54) is 27.8 Å². The summed E-state index contributed by atoms with van der Waals surface area (Å²) < 4.78 is 2.44. The summed E-state index contributed by atoms with van der Waals surface area (Å²) in [5.74, 6) is 1.83. The number of nitrogens with zero attached hydrogens (tertiary/aromatic N) is 2. The van der Waals surface area contributed by atoms with Crippen molar-refractivity contribution in [3.8, 4) is 0 Å². The number of aromatic nitrogens is 2. The third-order valence-corrected chi connectivity index (χ3v) is 7.19. The van der Waals surface area contributed by atoms with Gasteiger partial charge >= 0.3 is 0 Å². The number of rotatable bonds is 4. The fourth-order valence-electron chi connectivity index (χ4n) is 5.53. The van der Waals surface area contributed by atoms with E-state index in [2.05, 4.69) is 114 Å². The second-order valence-corrected chi connectivity index (χ2v) is 9.10. The fraction of sp³-hybridized carbons (Fsp3) is 0.194. The van der Waals surface area contributed by atoms with E-state index < -0.39 is 0 Å². The van der Waals surface area contributed by atoms with Crippen LogP contribution in [0.1, 0.15) is 42.6 Å². The molecule has 0 fully saturated rings. The Morgan fingerprint density at radius 3 is 2.67 bits per heavy atom. The van der Waals surface area contributed by atoms with Gasteiger partial charge in [0, 0.05) is 11.8 Å². The maximum absolute atomic E-state index is 5.07. The van der Waals surface area contributed by atoms with Gasteiger partial charge in [0.1, 0.15) is 5.82 Å². The normalized spacial score (nSPS) is 24.1. The summed E-state index contributed by atoms with van der Waals surface area (Å²) in [5.41, 5.74) is 7.68. The Kier molecular flexibility index (Phi) is 5.07. The lowest BCUT2D eigenvalue weighted by Gasteiger charge is -2.34. The average Bonchev–Trinajstić information content (AvgIpc) is 3.28. The van der Waals surface area contributed by atoms with Gasteiger partial charge in [-0.05, 0) is 53.7 Å². The third kappa shape index (κ3) is 3.47. The first-order valence-electron chi connectivity index (χ1n) is 11.9. The van der Waals surface area contributed by atoms with Crippen LogP contribution in [0.15, 0.2) is 121 Å². The van der Waals surface area contributed by atoms with E-state index in [-0.39, 0.29) is 12.0 Å². The van der Waals surface area contributed by atoms with Gasteiger partial charge < -0.3 is 4.57 Å². The van der Waals surface area contributed by atoms with Crippen LogP contribution < -0.4 is 0 Å². The number of fused-ring (bicyclic) bond motifs is 4. The summed E-state index contributed by atoms with van der Waals surface area (Å²) in [7, 11) is 0. The van der Waals surface area contributed by atoms with Crippen molar-refractivity contribution in [3.63, 3.8) is 0 Å². The highest BCUT2D eigenvalue weighted by Crippen LogP contribution is 2.45. The summed E-state index contributed by atoms with van der Waals surface area (Å²) in [6.07, 6.45) is 21.5. The lowest BCUT2D eigenvalue weighted by molar-refractivity contribution is 0.504. The van der Waals surface area contributed by atoms with Crippen LogP contribution in [0.25, 0.3) is 16.6 Å². The predicted octanol–water partition coefficient (Wildman–Crippen LogP) is 7.72. The van der Waals surface area contributed by atoms with E-state index >= 15 is 0 Å². The Bertz CT molecular complexity index is 1360. The number of hydrogen-bond donors (Lipinski definition) is 0. The van der Waals surface area contributed by atoms with E-state index in [0.29, 0.717) is 5.92 Å². The number of hydrogen-bond acceptors (Lipinski definition) is 1. The van der Waals surface area contributed by atoms with Gasteiger partial charge in [0.2, 0.25) is 0 Å². The standard InChI is InChI=1S/C31H28N2/c1-2-25-26-12-6-7-13-27(26)31-32-28-14-8-9-15-30(28)33(31)29(25)21-18-22-16-19-24(20-17-22)23-10-4-3-5-11-23/h2-6,8-12,14-19,21,24-25,29H,1,7,13,20H2/b21-18+/t24-,25?,29?/m1/s1. The zero-order valence-electron chi connectivity index (χ0n) is 18.8. The minimum Gasteiger partial charge on any atom is -0.316 e. The quantitative estimate of drug-likeness (QED) is 0.389. The van der Waals surface area contributed by atoms with Crippen LogP contribution in [0.3, 0.4) is 0 Å². The molecule has 33 heavy (non-hydrogen) atoms. The fourth-order valence-corrected chi connectivity index (χ4v) is 5.53. The lowest BCUT2D eigenvalue weighted by Crippen LogP contribution is -2.26. The highest BCUT2D eigenvalue weighted by molar-refractivity contribution is 5.83. The average molecular weight is 429 g/mol. The molecule has 3 aliphatic rings. The van der Waals surface area contributed by atoms with Crippen molar-refractivity contribution in [3.05, 3.63) is 132 Å². The molecule has 2 aromatic carbocycles. The molecule has 0 radical (unpaired) electrons. The first kappa shape index (κ1) is 20.0. The van der Waals surface area contributed by atoms with Crippen LogP contribution >= 0.6 is 0 Å². The summed E-state index contributed by atoms with van der Waals surface area (Å²) in [6, 6.07) is 19.4. The van der Waals surface area contributed by atoms with E-state index in [9.17, 15) is 0 Å². The molecule has 0 saturated carbocycles. The first-order chi connectivity index (χ1) is 16.3. The van der Waals surface area contributed by atoms with E-state index in [1.54, 1.807) is 0 Å². The van der Waals surface area contributed by atoms with Gasteiger partial charge in [-0.1, -0.05) is 91.1 Å². The van der Waals surface area contributed by atoms with Crippen LogP contribution in [-0.4, -0.2) is 9.55 Å². The Morgan fingerprint density at radius 2 is 1.85 bits per heavy atom. The summed E-state index contributed by atoms with van der Waals surface area (Å²) in [4.78, 5) is 5.07. The summed E-state index contributed by atoms with van der Waals surface area (Å²) in [5, 5.41) is 0. The van der Waals surface area contributed by atoms with Crippen LogP contribution in [0, 0.1) is 5.92 Å². The molecule has 1 aliphatic heterocycles. The molecule has 162 valence electrons. The Balaban J connectivity index is 1.37. The highest BCUT2D eigenvalue weighted by Gasteiger charge is 2.34. The topological polar surface area (TPSA) is 17.8 Å². The van der Waals surface area contributed by atoms with Gasteiger partial charge in [0.15, 0.2) is 0 Å². The molecule has 3 aromatic rings. The van der Waals surface area contributed by atoms with Crippen molar-refractivity contribution < 1.29 is 0 Å². The Hall–Kier alpha value is -3.65. The SMILES string of the molecule is C=CC1C2=C(CCC=C2)c2nc3ccccc3n2C1/C=C/C1=CC[C@H](c2ccccc2)C=C1. The highest BCUT2D eigenvalue weighted by atomic mass is 15.1. The second-order valence-electron chi connectivity index (χ2n) is 9.10. The van der Waals surface area contributed by atoms with Crippen LogP contribution in [0.4, 0.5) is 0 Å². The minimum absolute atomic E-state index is 0.160. The molecule has 6 rings (SSSR count). The van der Waals surface area contributed by atoms with Crippen molar-refractivity contribution in [2.24, 2.45) is 5.92 Å². The molecular formula is C31H28N2. The predicted molar refractivity (Wildman–Crippen MR) is 138 cm³/mol. The van der Waals surface area contributed by atoms with E-state index in [4.69, 9.17) is 4.98 Å². The molecule has 2 heteroatoms. The number of allylic oxidation sites excluding steroid dienone is 11. The molecule has 2 unspecified atom stereocenters. The zero-order valence-corrected chi connectivity index (χ0v) is 18.8. The third-order valence-electron chi connectivity index (χ3n) is 7.19. The largest absolute Gasteiger partial charge is 0.316 e. The number of para-hydroxylation sites is 2. The Morgan fingerprint density at radius 1 is 1.00 bits per heavy atom. The maximum Gasteiger partial charge on any atom is 0.137 e. The van der Waals surface area contributed by atoms with Crippen molar-refractivity contribution in [2.75, 3.05) is 0 Å². The molecular weight excluding hydrogens is 400 g/mol. The maximum atomic E-state index is 5.07. The molecule has 0 spiro atoms. The molecule has 1 aromatic heterocycles. The molecule has 2 heterocycles. The van der Waals surface area contributed by atoms with Crippen LogP contribution in [0.2, 0.25) is 0 Å².